The molecule has 0 bridgehead atoms. The highest BCUT2D eigenvalue weighted by Gasteiger charge is 2.36. The minimum atomic E-state index is 0.0167. The molecule has 0 radical (unpaired) electrons. The van der Waals surface area contributed by atoms with Crippen LogP contribution in [0.3, 0.4) is 0 Å². The lowest BCUT2D eigenvalue weighted by Crippen LogP contribution is -2.49. The fourth-order valence-corrected chi connectivity index (χ4v) is 3.26. The fraction of sp³-hybridized carbons (Fsp3) is 0.588. The molecule has 6 nitrogen and oxygen atoms in total. The number of ether oxygens (including phenoxy) is 1. The lowest BCUT2D eigenvalue weighted by Gasteiger charge is -2.37. The average molecular weight is 317 g/mol. The second-order valence-corrected chi connectivity index (χ2v) is 6.50. The van der Waals surface area contributed by atoms with E-state index < -0.39 is 0 Å². The number of rotatable bonds is 2. The van der Waals surface area contributed by atoms with Crippen molar-refractivity contribution in [2.75, 3.05) is 33.3 Å². The Labute approximate surface area is 136 Å². The van der Waals surface area contributed by atoms with Gasteiger partial charge in [-0.2, -0.15) is 0 Å². The van der Waals surface area contributed by atoms with Gasteiger partial charge in [0, 0.05) is 44.5 Å². The van der Waals surface area contributed by atoms with Crippen LogP contribution in [0.5, 0.6) is 0 Å². The first-order valence-electron chi connectivity index (χ1n) is 8.08. The molecule has 0 aliphatic carbocycles. The van der Waals surface area contributed by atoms with Gasteiger partial charge in [-0.3, -0.25) is 14.6 Å². The summed E-state index contributed by atoms with van der Waals surface area (Å²) in [5, 5.41) is 0. The highest BCUT2D eigenvalue weighted by Crippen LogP contribution is 2.24. The van der Waals surface area contributed by atoms with E-state index >= 15 is 0 Å². The lowest BCUT2D eigenvalue weighted by atomic mass is 9.93. The molecular weight excluding hydrogens is 294 g/mol. The van der Waals surface area contributed by atoms with Crippen molar-refractivity contribution in [2.45, 2.75) is 25.9 Å². The average Bonchev–Trinajstić information content (AvgIpc) is 2.68. The maximum absolute atomic E-state index is 12.5. The zero-order chi connectivity index (χ0) is 16.4. The van der Waals surface area contributed by atoms with Gasteiger partial charge in [0.05, 0.1) is 12.5 Å². The smallest absolute Gasteiger partial charge is 0.248 e. The van der Waals surface area contributed by atoms with Crippen molar-refractivity contribution >= 4 is 11.8 Å². The quantitative estimate of drug-likeness (QED) is 0.803. The molecule has 23 heavy (non-hydrogen) atoms. The molecule has 0 aromatic carbocycles. The number of piperidine rings is 1. The molecule has 2 saturated heterocycles. The minimum absolute atomic E-state index is 0.0167. The van der Waals surface area contributed by atoms with Crippen molar-refractivity contribution < 1.29 is 14.3 Å². The maximum Gasteiger partial charge on any atom is 0.248 e. The molecule has 1 aromatic rings. The number of nitrogens with zero attached hydrogens (tertiary/aromatic N) is 3. The number of likely N-dealkylation sites (N-methyl/N-ethyl adjacent to an activating group) is 1. The SMILES string of the molecule is Cc1ccc(CC(=O)N2CC[C@@H]3OCC(=O)N(C)C[C@H]3C2)cn1. The van der Waals surface area contributed by atoms with Gasteiger partial charge in [-0.25, -0.2) is 0 Å². The molecule has 3 heterocycles. The number of aryl methyl sites for hydroxylation is 1. The Kier molecular flexibility index (Phi) is 4.61. The first-order chi connectivity index (χ1) is 11.0. The summed E-state index contributed by atoms with van der Waals surface area (Å²) in [7, 11) is 1.80. The van der Waals surface area contributed by atoms with E-state index in [1.807, 2.05) is 24.0 Å². The van der Waals surface area contributed by atoms with Crippen LogP contribution >= 0.6 is 0 Å². The van der Waals surface area contributed by atoms with Gasteiger partial charge in [-0.15, -0.1) is 0 Å². The van der Waals surface area contributed by atoms with Gasteiger partial charge in [-0.1, -0.05) is 6.07 Å². The van der Waals surface area contributed by atoms with Crippen molar-refractivity contribution in [1.29, 1.82) is 0 Å². The van der Waals surface area contributed by atoms with Crippen LogP contribution in [0.25, 0.3) is 0 Å². The Morgan fingerprint density at radius 3 is 2.96 bits per heavy atom. The number of likely N-dealkylation sites (tertiary alicyclic amines) is 1. The van der Waals surface area contributed by atoms with E-state index in [-0.39, 0.29) is 30.4 Å². The Morgan fingerprint density at radius 1 is 1.39 bits per heavy atom. The van der Waals surface area contributed by atoms with Crippen molar-refractivity contribution in [3.8, 4) is 0 Å². The summed E-state index contributed by atoms with van der Waals surface area (Å²) in [5.74, 6) is 0.329. The number of aromatic nitrogens is 1. The van der Waals surface area contributed by atoms with Gasteiger partial charge in [0.1, 0.15) is 6.61 Å². The molecule has 2 atom stereocenters. The van der Waals surface area contributed by atoms with Crippen molar-refractivity contribution in [1.82, 2.24) is 14.8 Å². The number of carbonyl (C=O) groups is 2. The molecule has 124 valence electrons. The van der Waals surface area contributed by atoms with Gasteiger partial charge in [-0.05, 0) is 25.0 Å². The molecule has 6 heteroatoms. The number of hydrogen-bond acceptors (Lipinski definition) is 4. The van der Waals surface area contributed by atoms with Crippen LogP contribution < -0.4 is 0 Å². The number of amides is 2. The molecule has 0 unspecified atom stereocenters. The summed E-state index contributed by atoms with van der Waals surface area (Å²) >= 11 is 0. The summed E-state index contributed by atoms with van der Waals surface area (Å²) < 4.78 is 5.71. The maximum atomic E-state index is 12.5. The Balaban J connectivity index is 1.62. The predicted molar refractivity (Wildman–Crippen MR) is 84.7 cm³/mol. The lowest BCUT2D eigenvalue weighted by molar-refractivity contribution is -0.137. The molecular formula is C17H23N3O3. The monoisotopic (exact) mass is 317 g/mol. The van der Waals surface area contributed by atoms with E-state index in [0.29, 0.717) is 26.1 Å². The van der Waals surface area contributed by atoms with Gasteiger partial charge in [0.25, 0.3) is 0 Å². The van der Waals surface area contributed by atoms with Gasteiger partial charge >= 0.3 is 0 Å². The van der Waals surface area contributed by atoms with Crippen LogP contribution in [0.15, 0.2) is 18.3 Å². The Morgan fingerprint density at radius 2 is 2.22 bits per heavy atom. The molecule has 0 N–H and O–H groups in total. The van der Waals surface area contributed by atoms with E-state index in [0.717, 1.165) is 17.7 Å². The summed E-state index contributed by atoms with van der Waals surface area (Å²) in [6.45, 7) is 4.08. The Hall–Kier alpha value is -1.95. The van der Waals surface area contributed by atoms with Crippen molar-refractivity contribution in [2.24, 2.45) is 5.92 Å². The van der Waals surface area contributed by atoms with Gasteiger partial charge in [0.2, 0.25) is 11.8 Å². The first kappa shape index (κ1) is 15.9. The normalized spacial score (nSPS) is 25.0. The number of carbonyl (C=O) groups excluding carboxylic acids is 2. The highest BCUT2D eigenvalue weighted by atomic mass is 16.5. The predicted octanol–water partition coefficient (Wildman–Crippen LogP) is 0.638. The van der Waals surface area contributed by atoms with Crippen LogP contribution in [0.1, 0.15) is 17.7 Å². The largest absolute Gasteiger partial charge is 0.368 e. The molecule has 2 aliphatic heterocycles. The second-order valence-electron chi connectivity index (χ2n) is 6.50. The molecule has 3 rings (SSSR count). The third kappa shape index (κ3) is 3.69. The van der Waals surface area contributed by atoms with E-state index in [9.17, 15) is 9.59 Å². The molecule has 2 aliphatic rings. The summed E-state index contributed by atoms with van der Waals surface area (Å²) in [6, 6.07) is 3.88. The molecule has 2 amide bonds. The third-order valence-electron chi connectivity index (χ3n) is 4.70. The summed E-state index contributed by atoms with van der Waals surface area (Å²) in [5.41, 5.74) is 1.89. The van der Waals surface area contributed by atoms with E-state index in [1.165, 1.54) is 0 Å². The van der Waals surface area contributed by atoms with Crippen LogP contribution in [-0.2, 0) is 20.7 Å². The topological polar surface area (TPSA) is 62.7 Å². The zero-order valence-corrected chi connectivity index (χ0v) is 13.7. The van der Waals surface area contributed by atoms with E-state index in [4.69, 9.17) is 4.74 Å². The van der Waals surface area contributed by atoms with Crippen molar-refractivity contribution in [3.63, 3.8) is 0 Å². The second kappa shape index (κ2) is 6.66. The Bertz CT molecular complexity index is 587. The fourth-order valence-electron chi connectivity index (χ4n) is 3.26. The standard InChI is InChI=1S/C17H23N3O3/c1-12-3-4-13(8-18-12)7-16(21)20-6-5-15-14(10-20)9-19(2)17(22)11-23-15/h3-4,8,14-15H,5-7,9-11H2,1-2H3/t14-,15-/m0/s1. The highest BCUT2D eigenvalue weighted by molar-refractivity contribution is 5.79. The minimum Gasteiger partial charge on any atom is -0.368 e. The van der Waals surface area contributed by atoms with Gasteiger partial charge in [0.15, 0.2) is 0 Å². The van der Waals surface area contributed by atoms with Crippen LogP contribution in [-0.4, -0.2) is 66.0 Å². The first-order valence-corrected chi connectivity index (χ1v) is 8.08. The van der Waals surface area contributed by atoms with Crippen LogP contribution in [0.2, 0.25) is 0 Å². The van der Waals surface area contributed by atoms with E-state index in [2.05, 4.69) is 4.98 Å². The molecule has 0 spiro atoms. The van der Waals surface area contributed by atoms with Crippen LogP contribution in [0.4, 0.5) is 0 Å². The van der Waals surface area contributed by atoms with Crippen LogP contribution in [0, 0.1) is 12.8 Å². The zero-order valence-electron chi connectivity index (χ0n) is 13.7. The summed E-state index contributed by atoms with van der Waals surface area (Å²) in [6.07, 6.45) is 3.01. The molecule has 0 saturated carbocycles. The number of fused-ring (bicyclic) bond motifs is 1. The van der Waals surface area contributed by atoms with Gasteiger partial charge < -0.3 is 14.5 Å². The molecule has 2 fully saturated rings. The summed E-state index contributed by atoms with van der Waals surface area (Å²) in [4.78, 5) is 32.1. The number of pyridine rings is 1. The number of hydrogen-bond donors (Lipinski definition) is 0. The van der Waals surface area contributed by atoms with Crippen molar-refractivity contribution in [3.05, 3.63) is 29.6 Å². The molecule has 1 aromatic heterocycles. The van der Waals surface area contributed by atoms with E-state index in [1.54, 1.807) is 18.1 Å². The third-order valence-corrected chi connectivity index (χ3v) is 4.70.